The quantitative estimate of drug-likeness (QED) is 0.745. The molecule has 0 unspecified atom stereocenters. The van der Waals surface area contributed by atoms with Crippen LogP contribution in [-0.4, -0.2) is 18.1 Å². The van der Waals surface area contributed by atoms with Crippen LogP contribution in [0.2, 0.25) is 0 Å². The molecule has 2 rings (SSSR count). The predicted molar refractivity (Wildman–Crippen MR) is 56.4 cm³/mol. The molecule has 0 radical (unpaired) electrons. The van der Waals surface area contributed by atoms with Crippen LogP contribution < -0.4 is 5.32 Å². The molecule has 1 N–H and O–H groups in total. The minimum Gasteiger partial charge on any atom is -0.317 e. The van der Waals surface area contributed by atoms with Gasteiger partial charge < -0.3 is 5.32 Å². The Kier molecular flexibility index (Phi) is 2.65. The van der Waals surface area contributed by atoms with Gasteiger partial charge in [0.05, 0.1) is 10.7 Å². The van der Waals surface area contributed by atoms with Gasteiger partial charge >= 0.3 is 0 Å². The Morgan fingerprint density at radius 2 is 2.00 bits per heavy atom. The fourth-order valence-electron chi connectivity index (χ4n) is 2.01. The van der Waals surface area contributed by atoms with Crippen molar-refractivity contribution in [2.45, 2.75) is 32.6 Å². The molecule has 1 aliphatic heterocycles. The van der Waals surface area contributed by atoms with Crippen LogP contribution in [0.15, 0.2) is 0 Å². The zero-order valence-corrected chi connectivity index (χ0v) is 9.08. The highest BCUT2D eigenvalue weighted by atomic mass is 32.1. The minimum absolute atomic E-state index is 0.771. The van der Waals surface area contributed by atoms with Crippen molar-refractivity contribution in [2.24, 2.45) is 0 Å². The van der Waals surface area contributed by atoms with E-state index in [4.69, 9.17) is 0 Å². The number of aryl methyl sites for hydroxylation is 2. The molecular formula is C10H16N2S. The fourth-order valence-corrected chi connectivity index (χ4v) is 3.11. The van der Waals surface area contributed by atoms with Crippen molar-refractivity contribution in [1.82, 2.24) is 10.3 Å². The Bertz CT molecular complexity index is 287. The first-order valence-corrected chi connectivity index (χ1v) is 5.73. The van der Waals surface area contributed by atoms with E-state index < -0.39 is 0 Å². The van der Waals surface area contributed by atoms with Crippen LogP contribution in [-0.2, 0) is 0 Å². The summed E-state index contributed by atoms with van der Waals surface area (Å²) in [6.07, 6.45) is 2.56. The van der Waals surface area contributed by atoms with Crippen LogP contribution in [0, 0.1) is 13.8 Å². The van der Waals surface area contributed by atoms with Crippen LogP contribution >= 0.6 is 11.3 Å². The van der Waals surface area contributed by atoms with Crippen molar-refractivity contribution in [3.05, 3.63) is 15.6 Å². The molecule has 1 fully saturated rings. The number of aromatic nitrogens is 1. The maximum absolute atomic E-state index is 4.48. The summed E-state index contributed by atoms with van der Waals surface area (Å²) in [6.45, 7) is 6.57. The standard InChI is InChI=1S/C10H16N2S/c1-7-10(13-8(2)12-7)9-3-5-11-6-4-9/h9,11H,3-6H2,1-2H3. The Labute approximate surface area is 83.4 Å². The van der Waals surface area contributed by atoms with Gasteiger partial charge in [0.2, 0.25) is 0 Å². The molecular weight excluding hydrogens is 180 g/mol. The summed E-state index contributed by atoms with van der Waals surface area (Å²) in [7, 11) is 0. The minimum atomic E-state index is 0.771. The molecule has 2 heterocycles. The summed E-state index contributed by atoms with van der Waals surface area (Å²) in [5, 5.41) is 4.61. The summed E-state index contributed by atoms with van der Waals surface area (Å²) in [5.74, 6) is 0.771. The van der Waals surface area contributed by atoms with E-state index in [9.17, 15) is 0 Å². The van der Waals surface area contributed by atoms with Crippen LogP contribution in [0.4, 0.5) is 0 Å². The Morgan fingerprint density at radius 3 is 2.54 bits per heavy atom. The van der Waals surface area contributed by atoms with Gasteiger partial charge in [-0.2, -0.15) is 0 Å². The van der Waals surface area contributed by atoms with E-state index in [-0.39, 0.29) is 0 Å². The molecule has 0 bridgehead atoms. The molecule has 0 spiro atoms. The van der Waals surface area contributed by atoms with Crippen molar-refractivity contribution in [3.8, 4) is 0 Å². The van der Waals surface area contributed by atoms with Crippen molar-refractivity contribution in [1.29, 1.82) is 0 Å². The zero-order chi connectivity index (χ0) is 9.26. The Balaban J connectivity index is 2.18. The van der Waals surface area contributed by atoms with Gasteiger partial charge in [0.25, 0.3) is 0 Å². The lowest BCUT2D eigenvalue weighted by atomic mass is 9.96. The molecule has 1 aromatic heterocycles. The molecule has 0 aromatic carbocycles. The maximum Gasteiger partial charge on any atom is 0.0900 e. The third-order valence-electron chi connectivity index (χ3n) is 2.65. The third-order valence-corrected chi connectivity index (χ3v) is 3.88. The van der Waals surface area contributed by atoms with Crippen molar-refractivity contribution >= 4 is 11.3 Å². The Hall–Kier alpha value is -0.410. The summed E-state index contributed by atoms with van der Waals surface area (Å²) >= 11 is 1.88. The largest absolute Gasteiger partial charge is 0.317 e. The first kappa shape index (κ1) is 9.16. The number of rotatable bonds is 1. The molecule has 1 saturated heterocycles. The van der Waals surface area contributed by atoms with E-state index in [1.165, 1.54) is 41.5 Å². The van der Waals surface area contributed by atoms with Crippen LogP contribution in [0.25, 0.3) is 0 Å². The molecule has 3 heteroatoms. The number of thiazole rings is 1. The summed E-state index contributed by atoms with van der Waals surface area (Å²) in [5.41, 5.74) is 1.26. The number of hydrogen-bond donors (Lipinski definition) is 1. The van der Waals surface area contributed by atoms with Crippen LogP contribution in [0.5, 0.6) is 0 Å². The first-order chi connectivity index (χ1) is 6.27. The van der Waals surface area contributed by atoms with Gasteiger partial charge in [-0.25, -0.2) is 4.98 Å². The average Bonchev–Trinajstić information content (AvgIpc) is 2.47. The lowest BCUT2D eigenvalue weighted by molar-refractivity contribution is 0.463. The van der Waals surface area contributed by atoms with Crippen molar-refractivity contribution in [3.63, 3.8) is 0 Å². The zero-order valence-electron chi connectivity index (χ0n) is 8.26. The highest BCUT2D eigenvalue weighted by Gasteiger charge is 2.19. The van der Waals surface area contributed by atoms with Gasteiger partial charge in [-0.3, -0.25) is 0 Å². The maximum atomic E-state index is 4.48. The smallest absolute Gasteiger partial charge is 0.0900 e. The van der Waals surface area contributed by atoms with E-state index >= 15 is 0 Å². The van der Waals surface area contributed by atoms with Gasteiger partial charge in [-0.1, -0.05) is 0 Å². The molecule has 0 aliphatic carbocycles. The number of nitrogens with one attached hydrogen (secondary N) is 1. The molecule has 1 aromatic rings. The number of piperidine rings is 1. The lowest BCUT2D eigenvalue weighted by Crippen LogP contribution is -2.26. The summed E-state index contributed by atoms with van der Waals surface area (Å²) in [4.78, 5) is 6.01. The van der Waals surface area contributed by atoms with Crippen LogP contribution in [0.1, 0.15) is 34.3 Å². The highest BCUT2D eigenvalue weighted by molar-refractivity contribution is 7.11. The number of nitrogens with zero attached hydrogens (tertiary/aromatic N) is 1. The molecule has 72 valence electrons. The lowest BCUT2D eigenvalue weighted by Gasteiger charge is -2.21. The fraction of sp³-hybridized carbons (Fsp3) is 0.700. The molecule has 0 atom stereocenters. The highest BCUT2D eigenvalue weighted by Crippen LogP contribution is 2.32. The monoisotopic (exact) mass is 196 g/mol. The van der Waals surface area contributed by atoms with Gasteiger partial charge in [0.15, 0.2) is 0 Å². The van der Waals surface area contributed by atoms with Crippen LogP contribution in [0.3, 0.4) is 0 Å². The van der Waals surface area contributed by atoms with Gasteiger partial charge in [-0.15, -0.1) is 11.3 Å². The third kappa shape index (κ3) is 1.92. The van der Waals surface area contributed by atoms with Crippen molar-refractivity contribution < 1.29 is 0 Å². The first-order valence-electron chi connectivity index (χ1n) is 4.92. The van der Waals surface area contributed by atoms with E-state index in [2.05, 4.69) is 24.1 Å². The van der Waals surface area contributed by atoms with E-state index in [0.29, 0.717) is 0 Å². The molecule has 0 saturated carbocycles. The molecule has 2 nitrogen and oxygen atoms in total. The predicted octanol–water partition coefficient (Wildman–Crippen LogP) is 2.23. The second-order valence-corrected chi connectivity index (χ2v) is 4.94. The van der Waals surface area contributed by atoms with E-state index in [0.717, 1.165) is 5.92 Å². The molecule has 13 heavy (non-hydrogen) atoms. The topological polar surface area (TPSA) is 24.9 Å². The van der Waals surface area contributed by atoms with E-state index in [1.54, 1.807) is 0 Å². The average molecular weight is 196 g/mol. The number of hydrogen-bond acceptors (Lipinski definition) is 3. The SMILES string of the molecule is Cc1nc(C)c(C2CCNCC2)s1. The van der Waals surface area contributed by atoms with Gasteiger partial charge in [0, 0.05) is 4.88 Å². The van der Waals surface area contributed by atoms with Gasteiger partial charge in [-0.05, 0) is 45.7 Å². The summed E-state index contributed by atoms with van der Waals surface area (Å²) < 4.78 is 0. The van der Waals surface area contributed by atoms with Crippen molar-refractivity contribution in [2.75, 3.05) is 13.1 Å². The second kappa shape index (κ2) is 3.76. The van der Waals surface area contributed by atoms with Gasteiger partial charge in [0.1, 0.15) is 0 Å². The molecule has 0 amide bonds. The van der Waals surface area contributed by atoms with E-state index in [1.807, 2.05) is 11.3 Å². The molecule has 1 aliphatic rings. The Morgan fingerprint density at radius 1 is 1.31 bits per heavy atom. The summed E-state index contributed by atoms with van der Waals surface area (Å²) in [6, 6.07) is 0. The second-order valence-electron chi connectivity index (χ2n) is 3.71. The normalized spacial score (nSPS) is 19.2.